The zero-order valence-electron chi connectivity index (χ0n) is 1.93. The molecule has 1 nitrogen and oxygen atoms in total. The van der Waals surface area contributed by atoms with Crippen molar-refractivity contribution in [2.45, 2.75) is 0 Å². The van der Waals surface area contributed by atoms with E-state index in [-0.39, 0.29) is 55.8 Å². The molecule has 0 saturated heterocycles. The van der Waals surface area contributed by atoms with Gasteiger partial charge in [-0.3, -0.25) is 0 Å². The fourth-order valence-electron chi connectivity index (χ4n) is 0. The SMILES string of the molecule is [Cr+3].[O-2].[S-2].[Zn+2]. The van der Waals surface area contributed by atoms with Crippen LogP contribution in [0.1, 0.15) is 0 Å². The maximum atomic E-state index is 0. The van der Waals surface area contributed by atoms with E-state index in [9.17, 15) is 0 Å². The third-order valence-corrected chi connectivity index (χ3v) is 0. The van der Waals surface area contributed by atoms with E-state index < -0.39 is 0 Å². The maximum absolute atomic E-state index is 0. The van der Waals surface area contributed by atoms with Crippen LogP contribution in [0.25, 0.3) is 0 Å². The molecule has 0 aromatic rings. The zero-order valence-corrected chi connectivity index (χ0v) is 6.99. The van der Waals surface area contributed by atoms with Gasteiger partial charge in [-0.05, 0) is 0 Å². The quantitative estimate of drug-likeness (QED) is 0.448. The van der Waals surface area contributed by atoms with E-state index in [1.54, 1.807) is 0 Å². The number of hydrogen-bond donors (Lipinski definition) is 0. The van der Waals surface area contributed by atoms with Crippen molar-refractivity contribution in [1.29, 1.82) is 0 Å². The van der Waals surface area contributed by atoms with E-state index in [4.69, 9.17) is 0 Å². The van der Waals surface area contributed by atoms with Gasteiger partial charge in [-0.1, -0.05) is 0 Å². The maximum Gasteiger partial charge on any atom is 3.00 e. The van der Waals surface area contributed by atoms with Crippen LogP contribution < -0.4 is 0 Å². The Balaban J connectivity index is 0. The predicted octanol–water partition coefficient (Wildman–Crippen LogP) is -0.126. The van der Waals surface area contributed by atoms with E-state index in [1.807, 2.05) is 0 Å². The van der Waals surface area contributed by atoms with E-state index >= 15 is 0 Å². The molecule has 4 heteroatoms. The predicted molar refractivity (Wildman–Crippen MR) is 8.05 cm³/mol. The summed E-state index contributed by atoms with van der Waals surface area (Å²) in [5.41, 5.74) is 0. The van der Waals surface area contributed by atoms with Gasteiger partial charge in [0.25, 0.3) is 0 Å². The normalized spacial score (nSPS) is 0. The summed E-state index contributed by atoms with van der Waals surface area (Å²) < 4.78 is 0. The fraction of sp³-hybridized carbons (Fsp3) is 0. The molecule has 1 radical (unpaired) electrons. The summed E-state index contributed by atoms with van der Waals surface area (Å²) in [4.78, 5) is 0. The van der Waals surface area contributed by atoms with Gasteiger partial charge in [0.2, 0.25) is 0 Å². The topological polar surface area (TPSA) is 28.5 Å². The summed E-state index contributed by atoms with van der Waals surface area (Å²) in [6.45, 7) is 0. The Morgan fingerprint density at radius 1 is 1.00 bits per heavy atom. The molecule has 0 rings (SSSR count). The zero-order chi connectivity index (χ0) is 0. The molecule has 0 saturated carbocycles. The number of hydrogen-bond acceptors (Lipinski definition) is 0. The molecule has 0 atom stereocenters. The Morgan fingerprint density at radius 3 is 1.00 bits per heavy atom. The van der Waals surface area contributed by atoms with E-state index in [0.717, 1.165) is 0 Å². The van der Waals surface area contributed by atoms with Crippen molar-refractivity contribution in [1.82, 2.24) is 0 Å². The first kappa shape index (κ1) is 50.7. The second-order valence-electron chi connectivity index (χ2n) is 0. The molecule has 0 aliphatic carbocycles. The molecule has 0 N–H and O–H groups in total. The van der Waals surface area contributed by atoms with Gasteiger partial charge in [-0.15, -0.1) is 0 Å². The summed E-state index contributed by atoms with van der Waals surface area (Å²) in [6, 6.07) is 0. The van der Waals surface area contributed by atoms with Crippen molar-refractivity contribution in [3.05, 3.63) is 0 Å². The summed E-state index contributed by atoms with van der Waals surface area (Å²) in [5, 5.41) is 0. The summed E-state index contributed by atoms with van der Waals surface area (Å²) in [6.07, 6.45) is 0. The van der Waals surface area contributed by atoms with Crippen molar-refractivity contribution in [3.8, 4) is 0 Å². The summed E-state index contributed by atoms with van der Waals surface area (Å²) in [5.74, 6) is 0. The van der Waals surface area contributed by atoms with Crippen molar-refractivity contribution < 1.29 is 42.3 Å². The van der Waals surface area contributed by atoms with Crippen LogP contribution in [0.4, 0.5) is 0 Å². The van der Waals surface area contributed by atoms with Gasteiger partial charge in [0, 0.05) is 0 Å². The molecule has 0 fully saturated rings. The number of rotatable bonds is 0. The average molecular weight is 165 g/mol. The second-order valence-corrected chi connectivity index (χ2v) is 0. The monoisotopic (exact) mass is 164 g/mol. The van der Waals surface area contributed by atoms with Crippen LogP contribution in [0.3, 0.4) is 0 Å². The first-order valence-electron chi connectivity index (χ1n) is 0. The molecular weight excluding hydrogens is 165 g/mol. The molecule has 0 aliphatic rings. The van der Waals surface area contributed by atoms with Crippen LogP contribution in [-0.4, -0.2) is 0 Å². The van der Waals surface area contributed by atoms with Gasteiger partial charge < -0.3 is 19.0 Å². The van der Waals surface area contributed by atoms with E-state index in [1.165, 1.54) is 0 Å². The molecule has 0 heterocycles. The largest absolute Gasteiger partial charge is 3.00 e. The van der Waals surface area contributed by atoms with Gasteiger partial charge in [-0.25, -0.2) is 0 Å². The molecule has 0 amide bonds. The van der Waals surface area contributed by atoms with Gasteiger partial charge in [0.15, 0.2) is 0 Å². The molecule has 4 heavy (non-hydrogen) atoms. The minimum absolute atomic E-state index is 0. The van der Waals surface area contributed by atoms with Crippen molar-refractivity contribution in [2.24, 2.45) is 0 Å². The molecule has 0 aromatic carbocycles. The smallest absolute Gasteiger partial charge is 2.00 e. The Bertz CT molecular complexity index is 8.00. The molecule has 0 bridgehead atoms. The Labute approximate surface area is 55.8 Å². The molecular formula is CrOSZn+. The third kappa shape index (κ3) is 9.81. The van der Waals surface area contributed by atoms with Gasteiger partial charge in [-0.2, -0.15) is 0 Å². The van der Waals surface area contributed by atoms with Gasteiger partial charge >= 0.3 is 36.8 Å². The summed E-state index contributed by atoms with van der Waals surface area (Å²) >= 11 is 0. The van der Waals surface area contributed by atoms with Crippen LogP contribution in [0, 0.1) is 0 Å². The van der Waals surface area contributed by atoms with Crippen LogP contribution in [-0.2, 0) is 55.8 Å². The Hall–Kier alpha value is 1.47. The average Bonchev–Trinajstić information content (AvgIpc) is 0. The minimum atomic E-state index is 0. The fourth-order valence-corrected chi connectivity index (χ4v) is 0. The molecule has 0 unspecified atom stereocenters. The molecule has 0 aromatic heterocycles. The second kappa shape index (κ2) is 25.0. The first-order chi connectivity index (χ1) is 0. The van der Waals surface area contributed by atoms with Crippen LogP contribution in [0.2, 0.25) is 0 Å². The third-order valence-electron chi connectivity index (χ3n) is 0. The van der Waals surface area contributed by atoms with Crippen LogP contribution >= 0.6 is 0 Å². The van der Waals surface area contributed by atoms with Crippen molar-refractivity contribution in [2.75, 3.05) is 0 Å². The molecule has 0 spiro atoms. The standard InChI is InChI=1S/Cr.O.S.Zn/q+3;2*-2;+2. The first-order valence-corrected chi connectivity index (χ1v) is 0. The van der Waals surface area contributed by atoms with Gasteiger partial charge in [0.05, 0.1) is 0 Å². The van der Waals surface area contributed by atoms with Gasteiger partial charge in [0.1, 0.15) is 0 Å². The Morgan fingerprint density at radius 2 is 1.00 bits per heavy atom. The van der Waals surface area contributed by atoms with Crippen LogP contribution in [0.15, 0.2) is 0 Å². The Kier molecular flexibility index (Phi) is 317. The van der Waals surface area contributed by atoms with E-state index in [0.29, 0.717) is 0 Å². The molecule has 0 aliphatic heterocycles. The van der Waals surface area contributed by atoms with Crippen molar-refractivity contribution >= 4 is 13.5 Å². The summed E-state index contributed by atoms with van der Waals surface area (Å²) in [7, 11) is 0. The van der Waals surface area contributed by atoms with E-state index in [2.05, 4.69) is 0 Å². The van der Waals surface area contributed by atoms with Crippen molar-refractivity contribution in [3.63, 3.8) is 0 Å². The molecule has 19 valence electrons. The van der Waals surface area contributed by atoms with Crippen LogP contribution in [0.5, 0.6) is 0 Å². The minimum Gasteiger partial charge on any atom is -2.00 e.